The number of aryl methyl sites for hydroxylation is 2. The first-order valence-corrected chi connectivity index (χ1v) is 11.6. The van der Waals surface area contributed by atoms with E-state index >= 15 is 0 Å². The normalized spacial score (nSPS) is 18.1. The van der Waals surface area contributed by atoms with Gasteiger partial charge in [0.1, 0.15) is 17.6 Å². The first-order valence-electron chi connectivity index (χ1n) is 10.4. The lowest BCUT2D eigenvalue weighted by molar-refractivity contribution is 0.439. The molecule has 1 saturated heterocycles. The molecule has 3 heterocycles. The number of thiocarbonyl (C=S) groups is 1. The molecule has 2 atom stereocenters. The monoisotopic (exact) mass is 503 g/mol. The number of aromatic nitrogens is 1. The second-order valence-corrected chi connectivity index (χ2v) is 9.26. The molecule has 6 heteroatoms. The van der Waals surface area contributed by atoms with Gasteiger partial charge in [-0.2, -0.15) is 0 Å². The van der Waals surface area contributed by atoms with Gasteiger partial charge in [-0.25, -0.2) is 0 Å². The molecule has 160 valence electrons. The molecule has 0 aliphatic carbocycles. The molecule has 4 nitrogen and oxygen atoms in total. The third-order valence-electron chi connectivity index (χ3n) is 5.69. The number of benzene rings is 2. The second kappa shape index (κ2) is 8.52. The van der Waals surface area contributed by atoms with Crippen molar-refractivity contribution in [2.24, 2.45) is 0 Å². The van der Waals surface area contributed by atoms with Crippen molar-refractivity contribution in [2.45, 2.75) is 25.9 Å². The third-order valence-corrected chi connectivity index (χ3v) is 6.66. The van der Waals surface area contributed by atoms with E-state index in [-0.39, 0.29) is 12.1 Å². The van der Waals surface area contributed by atoms with Crippen LogP contribution >= 0.6 is 28.1 Å². The lowest BCUT2D eigenvalue weighted by atomic mass is 10.0. The van der Waals surface area contributed by atoms with Gasteiger partial charge in [0, 0.05) is 21.9 Å². The maximum atomic E-state index is 6.46. The number of nitrogens with zero attached hydrogens (tertiary/aromatic N) is 2. The Labute approximate surface area is 201 Å². The minimum atomic E-state index is -0.169. The van der Waals surface area contributed by atoms with Gasteiger partial charge in [-0.15, -0.1) is 0 Å². The Kier molecular flexibility index (Phi) is 5.57. The van der Waals surface area contributed by atoms with E-state index in [4.69, 9.17) is 16.6 Å². The quantitative estimate of drug-likeness (QED) is 0.306. The van der Waals surface area contributed by atoms with Gasteiger partial charge in [0.15, 0.2) is 5.11 Å². The summed E-state index contributed by atoms with van der Waals surface area (Å²) in [5.74, 6) is 1.64. The van der Waals surface area contributed by atoms with Crippen molar-refractivity contribution in [3.05, 3.63) is 106 Å². The Morgan fingerprint density at radius 3 is 2.56 bits per heavy atom. The van der Waals surface area contributed by atoms with E-state index in [1.54, 1.807) is 0 Å². The van der Waals surface area contributed by atoms with Crippen LogP contribution in [0.2, 0.25) is 0 Å². The lowest BCUT2D eigenvalue weighted by Crippen LogP contribution is -2.29. The van der Waals surface area contributed by atoms with Crippen molar-refractivity contribution in [1.29, 1.82) is 0 Å². The maximum Gasteiger partial charge on any atom is 0.174 e. The molecule has 5 rings (SSSR count). The zero-order valence-electron chi connectivity index (χ0n) is 17.7. The summed E-state index contributed by atoms with van der Waals surface area (Å²) < 4.78 is 7.47. The number of halogens is 1. The van der Waals surface area contributed by atoms with Crippen molar-refractivity contribution >= 4 is 38.9 Å². The highest BCUT2D eigenvalue weighted by Gasteiger charge is 2.42. The second-order valence-electron chi connectivity index (χ2n) is 8.02. The van der Waals surface area contributed by atoms with Crippen molar-refractivity contribution in [1.82, 2.24) is 10.3 Å². The van der Waals surface area contributed by atoms with E-state index in [9.17, 15) is 0 Å². The van der Waals surface area contributed by atoms with Gasteiger partial charge < -0.3 is 14.6 Å². The lowest BCUT2D eigenvalue weighted by Gasteiger charge is -2.26. The Morgan fingerprint density at radius 1 is 0.969 bits per heavy atom. The highest BCUT2D eigenvalue weighted by Crippen LogP contribution is 2.43. The van der Waals surface area contributed by atoms with Crippen LogP contribution in [0, 0.1) is 13.8 Å². The summed E-state index contributed by atoms with van der Waals surface area (Å²) in [5.41, 5.74) is 5.34. The first-order chi connectivity index (χ1) is 15.5. The van der Waals surface area contributed by atoms with Crippen molar-refractivity contribution in [3.63, 3.8) is 0 Å². The predicted octanol–water partition coefficient (Wildman–Crippen LogP) is 6.90. The van der Waals surface area contributed by atoms with Gasteiger partial charge in [-0.1, -0.05) is 40.2 Å². The van der Waals surface area contributed by atoms with E-state index in [0.717, 1.165) is 32.9 Å². The van der Waals surface area contributed by atoms with E-state index in [2.05, 4.69) is 87.4 Å². The fraction of sp³-hybridized carbons (Fsp3) is 0.154. The average Bonchev–Trinajstić information content (AvgIpc) is 3.39. The molecular formula is C26H22BrN3OS. The molecule has 1 aliphatic heterocycles. The molecule has 1 fully saturated rings. The van der Waals surface area contributed by atoms with Gasteiger partial charge >= 0.3 is 0 Å². The number of rotatable bonds is 4. The van der Waals surface area contributed by atoms with Crippen LogP contribution in [-0.4, -0.2) is 10.1 Å². The van der Waals surface area contributed by atoms with Crippen LogP contribution < -0.4 is 10.2 Å². The molecule has 0 amide bonds. The summed E-state index contributed by atoms with van der Waals surface area (Å²) in [5, 5.41) is 4.14. The van der Waals surface area contributed by atoms with Crippen LogP contribution in [0.1, 0.15) is 34.7 Å². The van der Waals surface area contributed by atoms with Crippen LogP contribution in [0.15, 0.2) is 87.9 Å². The number of anilines is 1. The fourth-order valence-corrected chi connectivity index (χ4v) is 5.21. The van der Waals surface area contributed by atoms with Crippen molar-refractivity contribution in [2.75, 3.05) is 4.90 Å². The van der Waals surface area contributed by atoms with Crippen LogP contribution in [0.3, 0.4) is 0 Å². The SMILES string of the molecule is Cc1cccc(N2C(=S)N[C@H](c3ccccn3)[C@@H]2c2ccc(-c3ccc(C)cc3Br)o2)c1. The van der Waals surface area contributed by atoms with E-state index in [1.165, 1.54) is 11.1 Å². The van der Waals surface area contributed by atoms with Crippen LogP contribution in [0.5, 0.6) is 0 Å². The summed E-state index contributed by atoms with van der Waals surface area (Å²) in [6.45, 7) is 4.16. The van der Waals surface area contributed by atoms with Crippen LogP contribution in [-0.2, 0) is 0 Å². The molecule has 0 spiro atoms. The molecule has 2 aromatic carbocycles. The number of pyridine rings is 1. The summed E-state index contributed by atoms with van der Waals surface area (Å²) >= 11 is 9.47. The zero-order chi connectivity index (χ0) is 22.2. The van der Waals surface area contributed by atoms with E-state index in [0.29, 0.717) is 5.11 Å². The number of furan rings is 1. The molecule has 1 aliphatic rings. The van der Waals surface area contributed by atoms with Crippen molar-refractivity contribution < 1.29 is 4.42 Å². The fourth-order valence-electron chi connectivity index (χ4n) is 4.18. The molecule has 4 aromatic rings. The summed E-state index contributed by atoms with van der Waals surface area (Å²) in [6, 6.07) is 24.3. The van der Waals surface area contributed by atoms with E-state index < -0.39 is 0 Å². The van der Waals surface area contributed by atoms with Crippen LogP contribution in [0.25, 0.3) is 11.3 Å². The first kappa shape index (κ1) is 20.9. The van der Waals surface area contributed by atoms with Gasteiger partial charge in [-0.3, -0.25) is 4.98 Å². The summed E-state index contributed by atoms with van der Waals surface area (Å²) in [4.78, 5) is 6.74. The Morgan fingerprint density at radius 2 is 1.81 bits per heavy atom. The Hall–Kier alpha value is -2.96. The minimum Gasteiger partial charge on any atom is -0.459 e. The summed E-state index contributed by atoms with van der Waals surface area (Å²) in [6.07, 6.45) is 1.81. The smallest absolute Gasteiger partial charge is 0.174 e. The highest BCUT2D eigenvalue weighted by molar-refractivity contribution is 9.10. The zero-order valence-corrected chi connectivity index (χ0v) is 20.2. The molecule has 2 aromatic heterocycles. The number of hydrogen-bond acceptors (Lipinski definition) is 3. The predicted molar refractivity (Wildman–Crippen MR) is 136 cm³/mol. The van der Waals surface area contributed by atoms with Crippen LogP contribution in [0.4, 0.5) is 5.69 Å². The van der Waals surface area contributed by atoms with Gasteiger partial charge in [0.05, 0.1) is 11.7 Å². The molecule has 32 heavy (non-hydrogen) atoms. The molecular weight excluding hydrogens is 482 g/mol. The molecule has 0 radical (unpaired) electrons. The number of hydrogen-bond donors (Lipinski definition) is 1. The Balaban J connectivity index is 1.61. The van der Waals surface area contributed by atoms with Gasteiger partial charge in [0.2, 0.25) is 0 Å². The molecule has 0 saturated carbocycles. The average molecular weight is 504 g/mol. The molecule has 0 unspecified atom stereocenters. The highest BCUT2D eigenvalue weighted by atomic mass is 79.9. The standard InChI is InChI=1S/C26H22BrN3OS/c1-16-6-5-7-18(14-16)30-25(24(29-26(30)32)21-8-3-4-13-28-21)23-12-11-22(31-23)19-10-9-17(2)15-20(19)27/h3-15,24-25H,1-2H3,(H,29,32)/t24-,25+/m1/s1. The largest absolute Gasteiger partial charge is 0.459 e. The molecule has 0 bridgehead atoms. The van der Waals surface area contributed by atoms with Crippen molar-refractivity contribution in [3.8, 4) is 11.3 Å². The topological polar surface area (TPSA) is 41.3 Å². The molecule has 1 N–H and O–H groups in total. The van der Waals surface area contributed by atoms with Gasteiger partial charge in [0.25, 0.3) is 0 Å². The number of nitrogens with one attached hydrogen (secondary N) is 1. The minimum absolute atomic E-state index is 0.135. The van der Waals surface area contributed by atoms with Gasteiger partial charge in [-0.05, 0) is 85.7 Å². The third kappa shape index (κ3) is 3.85. The Bertz CT molecular complexity index is 1290. The maximum absolute atomic E-state index is 6.46. The summed E-state index contributed by atoms with van der Waals surface area (Å²) in [7, 11) is 0. The van der Waals surface area contributed by atoms with E-state index in [1.807, 2.05) is 36.5 Å².